The van der Waals surface area contributed by atoms with Crippen LogP contribution in [-0.2, 0) is 0 Å². The Kier molecular flexibility index (Phi) is 7.21. The summed E-state index contributed by atoms with van der Waals surface area (Å²) in [6.45, 7) is 3.33. The van der Waals surface area contributed by atoms with Gasteiger partial charge in [-0.25, -0.2) is 8.78 Å². The Morgan fingerprint density at radius 1 is 0.500 bits per heavy atom. The number of aromatic hydroxyl groups is 2. The number of anilines is 2. The fourth-order valence-corrected chi connectivity index (χ4v) is 4.06. The lowest BCUT2D eigenvalue weighted by Gasteiger charge is -2.37. The highest BCUT2D eigenvalue weighted by Gasteiger charge is 2.17. The summed E-state index contributed by atoms with van der Waals surface area (Å²) < 4.78 is 26.7. The van der Waals surface area contributed by atoms with Gasteiger partial charge in [-0.05, 0) is 72.8 Å². The van der Waals surface area contributed by atoms with Crippen LogP contribution in [0.4, 0.5) is 42.9 Å². The molecule has 4 aromatic rings. The second-order valence-electron chi connectivity index (χ2n) is 8.67. The molecule has 0 atom stereocenters. The molecular formula is C28H24F2N6O2. The van der Waals surface area contributed by atoms with Crippen LogP contribution < -0.4 is 9.80 Å². The summed E-state index contributed by atoms with van der Waals surface area (Å²) in [4.78, 5) is 4.56. The molecule has 0 spiro atoms. The van der Waals surface area contributed by atoms with E-state index in [9.17, 15) is 19.0 Å². The van der Waals surface area contributed by atoms with Gasteiger partial charge in [0.1, 0.15) is 34.5 Å². The number of halogens is 2. The molecule has 2 N–H and O–H groups in total. The lowest BCUT2D eigenvalue weighted by atomic mass is 10.2. The number of hydrogen-bond acceptors (Lipinski definition) is 8. The molecule has 1 aliphatic heterocycles. The van der Waals surface area contributed by atoms with Gasteiger partial charge in [0.25, 0.3) is 0 Å². The number of azo groups is 2. The largest absolute Gasteiger partial charge is 0.506 e. The maximum atomic E-state index is 13.4. The van der Waals surface area contributed by atoms with Gasteiger partial charge in [0, 0.05) is 49.7 Å². The Morgan fingerprint density at radius 3 is 1.24 bits per heavy atom. The summed E-state index contributed by atoms with van der Waals surface area (Å²) in [5.74, 6) is -1.25. The number of benzene rings is 4. The number of phenolic OH excluding ortho intramolecular Hbond substituents is 2. The molecule has 4 aromatic carbocycles. The van der Waals surface area contributed by atoms with E-state index in [0.717, 1.165) is 61.8 Å². The molecule has 0 aliphatic carbocycles. The van der Waals surface area contributed by atoms with Gasteiger partial charge < -0.3 is 20.0 Å². The highest BCUT2D eigenvalue weighted by atomic mass is 19.1. The first-order valence-electron chi connectivity index (χ1n) is 12.0. The molecule has 1 aliphatic rings. The van der Waals surface area contributed by atoms with Crippen molar-refractivity contribution in [2.24, 2.45) is 20.5 Å². The van der Waals surface area contributed by atoms with Crippen LogP contribution in [0, 0.1) is 11.6 Å². The van der Waals surface area contributed by atoms with Crippen LogP contribution in [0.5, 0.6) is 11.5 Å². The molecule has 0 saturated carbocycles. The van der Waals surface area contributed by atoms with Crippen LogP contribution in [0.2, 0.25) is 0 Å². The molecule has 1 fully saturated rings. The van der Waals surface area contributed by atoms with E-state index in [1.807, 2.05) is 48.5 Å². The minimum atomic E-state index is -0.491. The molecule has 192 valence electrons. The van der Waals surface area contributed by atoms with E-state index in [4.69, 9.17) is 0 Å². The van der Waals surface area contributed by atoms with E-state index in [1.165, 1.54) is 12.1 Å². The highest BCUT2D eigenvalue weighted by molar-refractivity contribution is 5.58. The standard InChI is InChI=1S/C28H24F2N6O2/c29-19-1-11-27(37)25(17-19)33-31-21-3-7-23(8-4-21)35-13-15-36(16-14-35)24-9-5-22(6-10-24)32-34-26-18-20(30)2-12-28(26)38/h1-12,17-18,37-38H,13-16H2. The number of rotatable bonds is 6. The smallest absolute Gasteiger partial charge is 0.143 e. The SMILES string of the molecule is Oc1ccc(F)cc1N=Nc1ccc(N2CCN(c3ccc(N=Nc4cc(F)ccc4O)cc3)CC2)cc1. The summed E-state index contributed by atoms with van der Waals surface area (Å²) >= 11 is 0. The van der Waals surface area contributed by atoms with Gasteiger partial charge in [0.2, 0.25) is 0 Å². The molecule has 38 heavy (non-hydrogen) atoms. The van der Waals surface area contributed by atoms with E-state index in [1.54, 1.807) is 0 Å². The third-order valence-electron chi connectivity index (χ3n) is 6.13. The maximum absolute atomic E-state index is 13.4. The second-order valence-corrected chi connectivity index (χ2v) is 8.67. The second kappa shape index (κ2) is 11.0. The molecular weight excluding hydrogens is 490 g/mol. The molecule has 0 radical (unpaired) electrons. The Morgan fingerprint density at radius 2 is 0.868 bits per heavy atom. The summed E-state index contributed by atoms with van der Waals surface area (Å²) in [6, 6.07) is 22.2. The van der Waals surface area contributed by atoms with Crippen molar-refractivity contribution in [3.05, 3.63) is 96.6 Å². The third-order valence-corrected chi connectivity index (χ3v) is 6.13. The molecule has 1 heterocycles. The molecule has 10 heteroatoms. The van der Waals surface area contributed by atoms with Gasteiger partial charge in [-0.3, -0.25) is 0 Å². The topological polar surface area (TPSA) is 96.4 Å². The Hall–Kier alpha value is -4.86. The van der Waals surface area contributed by atoms with Gasteiger partial charge in [0.05, 0.1) is 11.4 Å². The summed E-state index contributed by atoms with van der Waals surface area (Å²) in [5, 5.41) is 35.6. The van der Waals surface area contributed by atoms with Crippen molar-refractivity contribution in [1.82, 2.24) is 0 Å². The van der Waals surface area contributed by atoms with Crippen molar-refractivity contribution in [3.8, 4) is 11.5 Å². The lowest BCUT2D eigenvalue weighted by Crippen LogP contribution is -2.46. The zero-order chi connectivity index (χ0) is 26.5. The van der Waals surface area contributed by atoms with E-state index < -0.39 is 11.6 Å². The van der Waals surface area contributed by atoms with E-state index in [0.29, 0.717) is 11.4 Å². The van der Waals surface area contributed by atoms with Gasteiger partial charge in [0.15, 0.2) is 0 Å². The zero-order valence-corrected chi connectivity index (χ0v) is 20.2. The summed E-state index contributed by atoms with van der Waals surface area (Å²) in [7, 11) is 0. The molecule has 0 bridgehead atoms. The fourth-order valence-electron chi connectivity index (χ4n) is 4.06. The molecule has 0 aromatic heterocycles. The van der Waals surface area contributed by atoms with Gasteiger partial charge in [-0.2, -0.15) is 10.2 Å². The van der Waals surface area contributed by atoms with Crippen molar-refractivity contribution in [3.63, 3.8) is 0 Å². The Balaban J connectivity index is 1.16. The van der Waals surface area contributed by atoms with Crippen LogP contribution in [0.15, 0.2) is 105 Å². The van der Waals surface area contributed by atoms with Gasteiger partial charge >= 0.3 is 0 Å². The van der Waals surface area contributed by atoms with Crippen LogP contribution >= 0.6 is 0 Å². The first-order chi connectivity index (χ1) is 18.4. The molecule has 8 nitrogen and oxygen atoms in total. The summed E-state index contributed by atoms with van der Waals surface area (Å²) in [6.07, 6.45) is 0. The quantitative estimate of drug-likeness (QED) is 0.260. The number of hydrogen-bond donors (Lipinski definition) is 2. The average molecular weight is 515 g/mol. The van der Waals surface area contributed by atoms with Crippen LogP contribution in [0.1, 0.15) is 0 Å². The first-order valence-corrected chi connectivity index (χ1v) is 12.0. The van der Waals surface area contributed by atoms with Crippen molar-refractivity contribution < 1.29 is 19.0 Å². The van der Waals surface area contributed by atoms with E-state index in [2.05, 4.69) is 30.3 Å². The zero-order valence-electron chi connectivity index (χ0n) is 20.2. The predicted molar refractivity (Wildman–Crippen MR) is 142 cm³/mol. The van der Waals surface area contributed by atoms with Crippen LogP contribution in [0.25, 0.3) is 0 Å². The highest BCUT2D eigenvalue weighted by Crippen LogP contribution is 2.31. The van der Waals surface area contributed by atoms with Crippen molar-refractivity contribution >= 4 is 34.1 Å². The van der Waals surface area contributed by atoms with Crippen molar-refractivity contribution in [2.45, 2.75) is 0 Å². The summed E-state index contributed by atoms with van der Waals surface area (Å²) in [5.41, 5.74) is 3.48. The molecule has 1 saturated heterocycles. The van der Waals surface area contributed by atoms with E-state index >= 15 is 0 Å². The predicted octanol–water partition coefficient (Wildman–Crippen LogP) is 7.53. The van der Waals surface area contributed by atoms with Crippen LogP contribution in [-0.4, -0.2) is 36.4 Å². The van der Waals surface area contributed by atoms with Gasteiger partial charge in [-0.15, -0.1) is 10.2 Å². The number of piperazine rings is 1. The minimum absolute atomic E-state index is 0.0761. The van der Waals surface area contributed by atoms with Gasteiger partial charge in [-0.1, -0.05) is 0 Å². The Bertz CT molecular complexity index is 1360. The monoisotopic (exact) mass is 514 g/mol. The normalized spacial score (nSPS) is 14.1. The molecule has 0 unspecified atom stereocenters. The lowest BCUT2D eigenvalue weighted by molar-refractivity contribution is 0.474. The van der Waals surface area contributed by atoms with E-state index in [-0.39, 0.29) is 22.9 Å². The Labute approximate surface area is 217 Å². The van der Waals surface area contributed by atoms with Crippen LogP contribution in [0.3, 0.4) is 0 Å². The third kappa shape index (κ3) is 5.92. The molecule has 0 amide bonds. The molecule has 5 rings (SSSR count). The van der Waals surface area contributed by atoms with Crippen molar-refractivity contribution in [2.75, 3.05) is 36.0 Å². The average Bonchev–Trinajstić information content (AvgIpc) is 2.95. The number of nitrogens with zero attached hydrogens (tertiary/aromatic N) is 6. The fraction of sp³-hybridized carbons (Fsp3) is 0.143. The van der Waals surface area contributed by atoms with Crippen molar-refractivity contribution in [1.29, 1.82) is 0 Å². The number of phenols is 2. The minimum Gasteiger partial charge on any atom is -0.506 e. The first kappa shape index (κ1) is 24.8. The maximum Gasteiger partial charge on any atom is 0.143 e.